The maximum atomic E-state index is 12.8. The fourth-order valence-electron chi connectivity index (χ4n) is 4.03. The molecule has 2 heterocycles. The van der Waals surface area contributed by atoms with Crippen LogP contribution in [0.5, 0.6) is 0 Å². The molecule has 142 valence electrons. The molecule has 1 aliphatic carbocycles. The monoisotopic (exact) mass is 350 g/mol. The Kier molecular flexibility index (Phi) is 6.20. The molecule has 1 atom stereocenters. The summed E-state index contributed by atoms with van der Waals surface area (Å²) in [5.74, 6) is 0.586. The second kappa shape index (κ2) is 8.39. The Morgan fingerprint density at radius 3 is 2.48 bits per heavy atom. The van der Waals surface area contributed by atoms with Gasteiger partial charge in [0.1, 0.15) is 0 Å². The van der Waals surface area contributed by atoms with Gasteiger partial charge in [0, 0.05) is 31.6 Å². The van der Waals surface area contributed by atoms with Crippen molar-refractivity contribution >= 4 is 11.9 Å². The molecule has 1 N–H and O–H groups in total. The molecular formula is C19H34N4O2. The standard InChI is InChI=1S/C19H34N4O2/c1-15(2)20-19(25)22-13-8-17(14-22)23(18(24)16-6-7-16)12-5-11-21-9-3-4-10-21/h15-17H,3-14H2,1-2H3,(H,20,25). The molecule has 25 heavy (non-hydrogen) atoms. The van der Waals surface area contributed by atoms with Crippen LogP contribution in [0, 0.1) is 5.92 Å². The van der Waals surface area contributed by atoms with Gasteiger partial charge in [-0.05, 0) is 72.0 Å². The van der Waals surface area contributed by atoms with Crippen LogP contribution in [-0.4, -0.2) is 78.0 Å². The van der Waals surface area contributed by atoms with E-state index in [1.54, 1.807) is 0 Å². The number of nitrogens with one attached hydrogen (secondary N) is 1. The van der Waals surface area contributed by atoms with Crippen molar-refractivity contribution < 1.29 is 9.59 Å². The molecule has 2 saturated heterocycles. The van der Waals surface area contributed by atoms with E-state index in [4.69, 9.17) is 0 Å². The number of rotatable bonds is 7. The third-order valence-corrected chi connectivity index (χ3v) is 5.59. The van der Waals surface area contributed by atoms with Crippen LogP contribution in [0.1, 0.15) is 52.4 Å². The van der Waals surface area contributed by atoms with E-state index in [1.165, 1.54) is 25.9 Å². The number of urea groups is 1. The highest BCUT2D eigenvalue weighted by molar-refractivity contribution is 5.81. The van der Waals surface area contributed by atoms with Crippen molar-refractivity contribution in [2.75, 3.05) is 39.3 Å². The number of carbonyl (C=O) groups is 2. The predicted molar refractivity (Wildman–Crippen MR) is 98.4 cm³/mol. The van der Waals surface area contributed by atoms with Crippen LogP contribution < -0.4 is 5.32 Å². The van der Waals surface area contributed by atoms with Crippen molar-refractivity contribution in [3.8, 4) is 0 Å². The van der Waals surface area contributed by atoms with E-state index in [9.17, 15) is 9.59 Å². The first-order chi connectivity index (χ1) is 12.0. The van der Waals surface area contributed by atoms with Gasteiger partial charge >= 0.3 is 6.03 Å². The fourth-order valence-corrected chi connectivity index (χ4v) is 4.03. The van der Waals surface area contributed by atoms with Crippen LogP contribution >= 0.6 is 0 Å². The van der Waals surface area contributed by atoms with E-state index >= 15 is 0 Å². The number of hydrogen-bond acceptors (Lipinski definition) is 3. The molecule has 3 fully saturated rings. The van der Waals surface area contributed by atoms with Crippen molar-refractivity contribution in [2.45, 2.75) is 64.5 Å². The van der Waals surface area contributed by atoms with Gasteiger partial charge in [0.2, 0.25) is 5.91 Å². The molecular weight excluding hydrogens is 316 g/mol. The molecule has 0 aromatic heterocycles. The first-order valence-corrected chi connectivity index (χ1v) is 10.1. The van der Waals surface area contributed by atoms with Gasteiger partial charge in [-0.3, -0.25) is 4.79 Å². The summed E-state index contributed by atoms with van der Waals surface area (Å²) in [6.07, 6.45) is 6.68. The zero-order valence-electron chi connectivity index (χ0n) is 15.9. The molecule has 0 aromatic carbocycles. The Balaban J connectivity index is 1.52. The molecule has 1 unspecified atom stereocenters. The number of carbonyl (C=O) groups excluding carboxylic acids is 2. The van der Waals surface area contributed by atoms with Gasteiger partial charge in [-0.25, -0.2) is 4.79 Å². The van der Waals surface area contributed by atoms with Crippen molar-refractivity contribution in [1.82, 2.24) is 20.0 Å². The largest absolute Gasteiger partial charge is 0.338 e. The average Bonchev–Trinajstić information content (AvgIpc) is 3.08. The zero-order chi connectivity index (χ0) is 17.8. The van der Waals surface area contributed by atoms with Crippen LogP contribution in [0.3, 0.4) is 0 Å². The van der Waals surface area contributed by atoms with Crippen LogP contribution in [0.25, 0.3) is 0 Å². The van der Waals surface area contributed by atoms with E-state index in [0.717, 1.165) is 45.3 Å². The Labute approximate surface area is 151 Å². The number of amides is 3. The van der Waals surface area contributed by atoms with Gasteiger partial charge in [0.25, 0.3) is 0 Å². The van der Waals surface area contributed by atoms with E-state index in [0.29, 0.717) is 12.5 Å². The molecule has 1 saturated carbocycles. The molecule has 3 rings (SSSR count). The molecule has 0 radical (unpaired) electrons. The lowest BCUT2D eigenvalue weighted by atomic mass is 10.1. The van der Waals surface area contributed by atoms with Gasteiger partial charge in [0.05, 0.1) is 6.04 Å². The van der Waals surface area contributed by atoms with E-state index in [2.05, 4.69) is 15.1 Å². The maximum Gasteiger partial charge on any atom is 0.317 e. The second-order valence-electron chi connectivity index (χ2n) is 8.20. The van der Waals surface area contributed by atoms with Gasteiger partial charge in [-0.2, -0.15) is 0 Å². The van der Waals surface area contributed by atoms with Gasteiger partial charge in [-0.15, -0.1) is 0 Å². The van der Waals surface area contributed by atoms with Gasteiger partial charge in [-0.1, -0.05) is 0 Å². The highest BCUT2D eigenvalue weighted by atomic mass is 16.2. The van der Waals surface area contributed by atoms with E-state index in [-0.39, 0.29) is 24.0 Å². The lowest BCUT2D eigenvalue weighted by molar-refractivity contribution is -0.134. The zero-order valence-corrected chi connectivity index (χ0v) is 15.9. The SMILES string of the molecule is CC(C)NC(=O)N1CCC(N(CCCN2CCCC2)C(=O)C2CC2)C1. The summed E-state index contributed by atoms with van der Waals surface area (Å²) < 4.78 is 0. The van der Waals surface area contributed by atoms with Crippen LogP contribution in [0.4, 0.5) is 4.79 Å². The Hall–Kier alpha value is -1.30. The molecule has 3 amide bonds. The number of nitrogens with zero attached hydrogens (tertiary/aromatic N) is 3. The third kappa shape index (κ3) is 5.09. The van der Waals surface area contributed by atoms with Crippen LogP contribution in [-0.2, 0) is 4.79 Å². The summed E-state index contributed by atoms with van der Waals surface area (Å²) in [6, 6.07) is 0.356. The molecule has 0 spiro atoms. The first-order valence-electron chi connectivity index (χ1n) is 10.1. The minimum atomic E-state index is 0.00777. The second-order valence-corrected chi connectivity index (χ2v) is 8.20. The number of likely N-dealkylation sites (tertiary alicyclic amines) is 2. The van der Waals surface area contributed by atoms with Crippen molar-refractivity contribution in [2.24, 2.45) is 5.92 Å². The minimum absolute atomic E-state index is 0.00777. The average molecular weight is 351 g/mol. The quantitative estimate of drug-likeness (QED) is 0.763. The summed E-state index contributed by atoms with van der Waals surface area (Å²) >= 11 is 0. The smallest absolute Gasteiger partial charge is 0.317 e. The molecule has 0 bridgehead atoms. The highest BCUT2D eigenvalue weighted by Gasteiger charge is 2.39. The summed E-state index contributed by atoms with van der Waals surface area (Å²) in [7, 11) is 0. The third-order valence-electron chi connectivity index (χ3n) is 5.59. The van der Waals surface area contributed by atoms with Crippen LogP contribution in [0.15, 0.2) is 0 Å². The van der Waals surface area contributed by atoms with Crippen molar-refractivity contribution in [1.29, 1.82) is 0 Å². The molecule has 6 heteroatoms. The summed E-state index contributed by atoms with van der Waals surface area (Å²) in [5.41, 5.74) is 0. The Morgan fingerprint density at radius 1 is 1.12 bits per heavy atom. The highest BCUT2D eigenvalue weighted by Crippen LogP contribution is 2.33. The number of hydrogen-bond donors (Lipinski definition) is 1. The summed E-state index contributed by atoms with van der Waals surface area (Å²) in [5, 5.41) is 2.97. The van der Waals surface area contributed by atoms with Gasteiger partial charge < -0.3 is 20.0 Å². The Bertz CT molecular complexity index is 472. The maximum absolute atomic E-state index is 12.8. The summed E-state index contributed by atoms with van der Waals surface area (Å²) in [4.78, 5) is 31.5. The van der Waals surface area contributed by atoms with E-state index in [1.807, 2.05) is 18.7 Å². The molecule has 6 nitrogen and oxygen atoms in total. The predicted octanol–water partition coefficient (Wildman–Crippen LogP) is 1.90. The van der Waals surface area contributed by atoms with Gasteiger partial charge in [0.15, 0.2) is 0 Å². The van der Waals surface area contributed by atoms with Crippen molar-refractivity contribution in [3.05, 3.63) is 0 Å². The van der Waals surface area contributed by atoms with Crippen molar-refractivity contribution in [3.63, 3.8) is 0 Å². The van der Waals surface area contributed by atoms with Crippen LogP contribution in [0.2, 0.25) is 0 Å². The normalized spacial score (nSPS) is 24.1. The fraction of sp³-hybridized carbons (Fsp3) is 0.895. The molecule has 3 aliphatic rings. The lowest BCUT2D eigenvalue weighted by Crippen LogP contribution is -2.46. The molecule has 2 aliphatic heterocycles. The molecule has 0 aromatic rings. The summed E-state index contributed by atoms with van der Waals surface area (Å²) in [6.45, 7) is 9.76. The lowest BCUT2D eigenvalue weighted by Gasteiger charge is -2.30. The minimum Gasteiger partial charge on any atom is -0.338 e. The van der Waals surface area contributed by atoms with E-state index < -0.39 is 0 Å². The topological polar surface area (TPSA) is 55.9 Å². The first kappa shape index (κ1) is 18.5. The Morgan fingerprint density at radius 2 is 1.84 bits per heavy atom.